The highest BCUT2D eigenvalue weighted by Crippen LogP contribution is 2.35. The first-order chi connectivity index (χ1) is 13.7. The first-order valence-corrected chi connectivity index (χ1v) is 11.1. The molecular weight excluding hydrogens is 372 g/mol. The van der Waals surface area contributed by atoms with Crippen molar-refractivity contribution in [2.45, 2.75) is 64.8 Å². The lowest BCUT2D eigenvalue weighted by molar-refractivity contribution is -0.137. The molecule has 5 heteroatoms. The van der Waals surface area contributed by atoms with E-state index in [0.717, 1.165) is 54.3 Å². The first kappa shape index (κ1) is 19.5. The summed E-state index contributed by atoms with van der Waals surface area (Å²) in [6, 6.07) is 7.64. The standard InChI is InChI=1S/C23H29ClN2O2/c1-2-3-4-16-5-7-18(8-6-16)23(27)26-14-13-20-21(15-26)25-28-22(20)17-9-11-19(24)12-10-17/h9-12,16,18H,2-8,13-15H2,1H3. The number of hydrogen-bond donors (Lipinski definition) is 0. The Hall–Kier alpha value is -1.81. The SMILES string of the molecule is CCCCC1CCC(C(=O)N2CCc3c(noc3-c3ccc(Cl)cc3)C2)CC1. The second kappa shape index (κ2) is 8.69. The van der Waals surface area contributed by atoms with Gasteiger partial charge < -0.3 is 9.42 Å². The monoisotopic (exact) mass is 400 g/mol. The third-order valence-corrected chi connectivity index (χ3v) is 6.67. The van der Waals surface area contributed by atoms with Gasteiger partial charge in [-0.15, -0.1) is 0 Å². The summed E-state index contributed by atoms with van der Waals surface area (Å²) in [6.45, 7) is 3.58. The fourth-order valence-corrected chi connectivity index (χ4v) is 4.82. The average Bonchev–Trinajstić information content (AvgIpc) is 3.16. The van der Waals surface area contributed by atoms with Gasteiger partial charge in [-0.05, 0) is 62.3 Å². The van der Waals surface area contributed by atoms with Crippen molar-refractivity contribution in [2.24, 2.45) is 11.8 Å². The Morgan fingerprint density at radius 3 is 2.68 bits per heavy atom. The van der Waals surface area contributed by atoms with Crippen LogP contribution < -0.4 is 0 Å². The number of unbranched alkanes of at least 4 members (excludes halogenated alkanes) is 1. The van der Waals surface area contributed by atoms with Gasteiger partial charge >= 0.3 is 0 Å². The van der Waals surface area contributed by atoms with Gasteiger partial charge in [0, 0.05) is 28.6 Å². The molecule has 1 aliphatic heterocycles. The largest absolute Gasteiger partial charge is 0.356 e. The summed E-state index contributed by atoms with van der Waals surface area (Å²) in [5.41, 5.74) is 3.03. The predicted molar refractivity (Wildman–Crippen MR) is 111 cm³/mol. The Balaban J connectivity index is 1.38. The van der Waals surface area contributed by atoms with E-state index < -0.39 is 0 Å². The van der Waals surface area contributed by atoms with Crippen molar-refractivity contribution in [3.63, 3.8) is 0 Å². The average molecular weight is 401 g/mol. The smallest absolute Gasteiger partial charge is 0.226 e. The second-order valence-corrected chi connectivity index (χ2v) is 8.75. The maximum absolute atomic E-state index is 13.1. The van der Waals surface area contributed by atoms with E-state index in [2.05, 4.69) is 12.1 Å². The maximum Gasteiger partial charge on any atom is 0.226 e. The second-order valence-electron chi connectivity index (χ2n) is 8.31. The molecule has 0 radical (unpaired) electrons. The van der Waals surface area contributed by atoms with E-state index in [-0.39, 0.29) is 5.92 Å². The van der Waals surface area contributed by atoms with Crippen LogP contribution in [0.4, 0.5) is 0 Å². The molecule has 0 unspecified atom stereocenters. The van der Waals surface area contributed by atoms with Gasteiger partial charge in [-0.2, -0.15) is 0 Å². The molecule has 1 aliphatic carbocycles. The molecule has 1 fully saturated rings. The van der Waals surface area contributed by atoms with Crippen LogP contribution in [0.5, 0.6) is 0 Å². The van der Waals surface area contributed by atoms with E-state index >= 15 is 0 Å². The van der Waals surface area contributed by atoms with Crippen molar-refractivity contribution in [1.82, 2.24) is 10.1 Å². The van der Waals surface area contributed by atoms with Crippen LogP contribution in [0, 0.1) is 11.8 Å². The van der Waals surface area contributed by atoms with E-state index in [1.54, 1.807) is 0 Å². The molecular formula is C23H29ClN2O2. The summed E-state index contributed by atoms with van der Waals surface area (Å²) >= 11 is 5.99. The minimum Gasteiger partial charge on any atom is -0.356 e. The molecule has 2 aliphatic rings. The zero-order chi connectivity index (χ0) is 19.5. The van der Waals surface area contributed by atoms with Crippen molar-refractivity contribution in [1.29, 1.82) is 0 Å². The van der Waals surface area contributed by atoms with E-state index in [4.69, 9.17) is 16.1 Å². The van der Waals surface area contributed by atoms with Gasteiger partial charge in [-0.25, -0.2) is 0 Å². The highest BCUT2D eigenvalue weighted by Gasteiger charge is 2.33. The first-order valence-electron chi connectivity index (χ1n) is 10.7. The molecule has 0 bridgehead atoms. The van der Waals surface area contributed by atoms with Crippen molar-refractivity contribution in [3.8, 4) is 11.3 Å². The molecule has 4 rings (SSSR count). The van der Waals surface area contributed by atoms with Gasteiger partial charge in [-0.1, -0.05) is 42.9 Å². The minimum absolute atomic E-state index is 0.196. The fourth-order valence-electron chi connectivity index (χ4n) is 4.70. The van der Waals surface area contributed by atoms with Crippen LogP contribution in [-0.2, 0) is 17.8 Å². The van der Waals surface area contributed by atoms with Crippen molar-refractivity contribution in [2.75, 3.05) is 6.54 Å². The summed E-state index contributed by atoms with van der Waals surface area (Å²) in [6.07, 6.45) is 9.23. The van der Waals surface area contributed by atoms with Gasteiger partial charge in [0.1, 0.15) is 5.69 Å². The third kappa shape index (κ3) is 4.12. The molecule has 4 nitrogen and oxygen atoms in total. The molecule has 2 aromatic rings. The number of hydrogen-bond acceptors (Lipinski definition) is 3. The molecule has 0 saturated heterocycles. The summed E-state index contributed by atoms with van der Waals surface area (Å²) in [5, 5.41) is 4.98. The number of amides is 1. The lowest BCUT2D eigenvalue weighted by Gasteiger charge is -2.33. The number of fused-ring (bicyclic) bond motifs is 1. The van der Waals surface area contributed by atoms with Crippen LogP contribution in [0.15, 0.2) is 28.8 Å². The van der Waals surface area contributed by atoms with E-state index in [1.807, 2.05) is 29.2 Å². The van der Waals surface area contributed by atoms with Crippen LogP contribution in [0.2, 0.25) is 5.02 Å². The Labute approximate surface area is 172 Å². The number of halogens is 1. The Morgan fingerprint density at radius 1 is 1.21 bits per heavy atom. The molecule has 0 atom stereocenters. The topological polar surface area (TPSA) is 46.3 Å². The summed E-state index contributed by atoms with van der Waals surface area (Å²) in [5.74, 6) is 2.15. The fraction of sp³-hybridized carbons (Fsp3) is 0.565. The number of benzene rings is 1. The summed E-state index contributed by atoms with van der Waals surface area (Å²) in [7, 11) is 0. The summed E-state index contributed by atoms with van der Waals surface area (Å²) in [4.78, 5) is 15.0. The lowest BCUT2D eigenvalue weighted by Crippen LogP contribution is -2.40. The minimum atomic E-state index is 0.196. The molecule has 1 aromatic carbocycles. The van der Waals surface area contributed by atoms with Gasteiger partial charge in [-0.3, -0.25) is 4.79 Å². The molecule has 2 heterocycles. The van der Waals surface area contributed by atoms with Crippen LogP contribution in [-0.4, -0.2) is 22.5 Å². The molecule has 1 amide bonds. The van der Waals surface area contributed by atoms with Crippen molar-refractivity contribution < 1.29 is 9.32 Å². The Morgan fingerprint density at radius 2 is 1.96 bits per heavy atom. The van der Waals surface area contributed by atoms with Crippen LogP contribution in [0.3, 0.4) is 0 Å². The van der Waals surface area contributed by atoms with Crippen LogP contribution >= 0.6 is 11.6 Å². The van der Waals surface area contributed by atoms with Crippen LogP contribution in [0.25, 0.3) is 11.3 Å². The third-order valence-electron chi connectivity index (χ3n) is 6.42. The molecule has 0 N–H and O–H groups in total. The maximum atomic E-state index is 13.1. The number of nitrogens with zero attached hydrogens (tertiary/aromatic N) is 2. The van der Waals surface area contributed by atoms with Crippen LogP contribution in [0.1, 0.15) is 63.1 Å². The predicted octanol–water partition coefficient (Wildman–Crippen LogP) is 5.88. The van der Waals surface area contributed by atoms with Crippen molar-refractivity contribution >= 4 is 17.5 Å². The van der Waals surface area contributed by atoms with Gasteiger partial charge in [0.05, 0.1) is 6.54 Å². The molecule has 1 aromatic heterocycles. The number of carbonyl (C=O) groups excluding carboxylic acids is 1. The molecule has 1 saturated carbocycles. The summed E-state index contributed by atoms with van der Waals surface area (Å²) < 4.78 is 5.64. The Kier molecular flexibility index (Phi) is 6.05. The zero-order valence-corrected chi connectivity index (χ0v) is 17.4. The van der Waals surface area contributed by atoms with E-state index in [1.165, 1.54) is 32.1 Å². The quantitative estimate of drug-likeness (QED) is 0.629. The van der Waals surface area contributed by atoms with Gasteiger partial charge in [0.15, 0.2) is 5.76 Å². The lowest BCUT2D eigenvalue weighted by atomic mass is 9.79. The van der Waals surface area contributed by atoms with Gasteiger partial charge in [0.25, 0.3) is 0 Å². The van der Waals surface area contributed by atoms with Gasteiger partial charge in [0.2, 0.25) is 5.91 Å². The number of rotatable bonds is 5. The molecule has 0 spiro atoms. The number of carbonyl (C=O) groups is 1. The molecule has 28 heavy (non-hydrogen) atoms. The zero-order valence-electron chi connectivity index (χ0n) is 16.6. The highest BCUT2D eigenvalue weighted by molar-refractivity contribution is 6.30. The van der Waals surface area contributed by atoms with E-state index in [9.17, 15) is 4.79 Å². The molecule has 150 valence electrons. The number of aromatic nitrogens is 1. The Bertz CT molecular complexity index is 807. The van der Waals surface area contributed by atoms with Crippen molar-refractivity contribution in [3.05, 3.63) is 40.5 Å². The highest BCUT2D eigenvalue weighted by atomic mass is 35.5. The normalized spacial score (nSPS) is 22.1. The van der Waals surface area contributed by atoms with E-state index in [0.29, 0.717) is 17.5 Å².